The smallest absolute Gasteiger partial charge is 0.303 e. The van der Waals surface area contributed by atoms with E-state index >= 15 is 0 Å². The number of aromatic nitrogens is 1. The second kappa shape index (κ2) is 6.18. The van der Waals surface area contributed by atoms with Gasteiger partial charge in [0.2, 0.25) is 5.88 Å². The lowest BCUT2D eigenvalue weighted by molar-refractivity contribution is -0.138. The molecule has 0 aliphatic heterocycles. The molecule has 0 aromatic carbocycles. The maximum absolute atomic E-state index is 10.6. The third-order valence-corrected chi connectivity index (χ3v) is 3.71. The van der Waals surface area contributed by atoms with Gasteiger partial charge in [0, 0.05) is 23.2 Å². The molecule has 1 saturated carbocycles. The number of pyridine rings is 1. The summed E-state index contributed by atoms with van der Waals surface area (Å²) in [6.07, 6.45) is 5.84. The van der Waals surface area contributed by atoms with E-state index in [1.54, 1.807) is 6.20 Å². The SMILES string of the molecule is O=C(O)C[C@H]1CC[C@@H](Oc2ccc(Br)cn2)CC1. The Hall–Kier alpha value is -1.10. The molecule has 0 atom stereocenters. The molecular formula is C13H16BrNO3. The number of carbonyl (C=O) groups is 1. The summed E-state index contributed by atoms with van der Waals surface area (Å²) in [7, 11) is 0. The van der Waals surface area contributed by atoms with Crippen LogP contribution < -0.4 is 4.74 Å². The zero-order valence-electron chi connectivity index (χ0n) is 10.0. The van der Waals surface area contributed by atoms with Crippen LogP contribution in [-0.2, 0) is 4.79 Å². The van der Waals surface area contributed by atoms with Crippen molar-refractivity contribution >= 4 is 21.9 Å². The molecule has 18 heavy (non-hydrogen) atoms. The largest absolute Gasteiger partial charge is 0.481 e. The Bertz CT molecular complexity index is 399. The van der Waals surface area contributed by atoms with Gasteiger partial charge in [0.25, 0.3) is 0 Å². The molecule has 1 N–H and O–H groups in total. The lowest BCUT2D eigenvalue weighted by Crippen LogP contribution is -2.25. The molecule has 1 aromatic rings. The van der Waals surface area contributed by atoms with E-state index in [0.717, 1.165) is 30.2 Å². The zero-order chi connectivity index (χ0) is 13.0. The van der Waals surface area contributed by atoms with E-state index in [9.17, 15) is 4.79 Å². The van der Waals surface area contributed by atoms with Crippen molar-refractivity contribution in [2.45, 2.75) is 38.2 Å². The number of halogens is 1. The zero-order valence-corrected chi connectivity index (χ0v) is 11.6. The van der Waals surface area contributed by atoms with Crippen molar-refractivity contribution < 1.29 is 14.6 Å². The van der Waals surface area contributed by atoms with Crippen LogP contribution in [-0.4, -0.2) is 22.2 Å². The first-order valence-corrected chi connectivity index (χ1v) is 6.93. The summed E-state index contributed by atoms with van der Waals surface area (Å²) in [5.41, 5.74) is 0. The van der Waals surface area contributed by atoms with E-state index < -0.39 is 5.97 Å². The van der Waals surface area contributed by atoms with Crippen LogP contribution in [0.2, 0.25) is 0 Å². The third kappa shape index (κ3) is 3.98. The van der Waals surface area contributed by atoms with Crippen LogP contribution in [0.3, 0.4) is 0 Å². The lowest BCUT2D eigenvalue weighted by atomic mass is 9.85. The Morgan fingerprint density at radius 1 is 1.39 bits per heavy atom. The number of carboxylic acids is 1. The highest BCUT2D eigenvalue weighted by atomic mass is 79.9. The maximum Gasteiger partial charge on any atom is 0.303 e. The van der Waals surface area contributed by atoms with Crippen LogP contribution >= 0.6 is 15.9 Å². The van der Waals surface area contributed by atoms with Crippen molar-refractivity contribution in [3.63, 3.8) is 0 Å². The van der Waals surface area contributed by atoms with Crippen LogP contribution in [0.25, 0.3) is 0 Å². The summed E-state index contributed by atoms with van der Waals surface area (Å²) < 4.78 is 6.71. The summed E-state index contributed by atoms with van der Waals surface area (Å²) in [5.74, 6) is 0.244. The van der Waals surface area contributed by atoms with Crippen molar-refractivity contribution in [3.05, 3.63) is 22.8 Å². The van der Waals surface area contributed by atoms with E-state index in [4.69, 9.17) is 9.84 Å². The molecule has 1 heterocycles. The number of carboxylic acid groups (broad SMARTS) is 1. The number of hydrogen-bond donors (Lipinski definition) is 1. The fraction of sp³-hybridized carbons (Fsp3) is 0.538. The molecular weight excluding hydrogens is 298 g/mol. The van der Waals surface area contributed by atoms with Gasteiger partial charge in [-0.05, 0) is 53.6 Å². The van der Waals surface area contributed by atoms with E-state index in [1.165, 1.54) is 0 Å². The molecule has 0 amide bonds. The quantitative estimate of drug-likeness (QED) is 0.927. The molecule has 0 spiro atoms. The Balaban J connectivity index is 1.79. The molecule has 1 aromatic heterocycles. The molecule has 0 bridgehead atoms. The van der Waals surface area contributed by atoms with Gasteiger partial charge in [-0.3, -0.25) is 4.79 Å². The monoisotopic (exact) mass is 313 g/mol. The molecule has 1 fully saturated rings. The second-order valence-electron chi connectivity index (χ2n) is 4.67. The van der Waals surface area contributed by atoms with Gasteiger partial charge in [0.15, 0.2) is 0 Å². The van der Waals surface area contributed by atoms with E-state index in [1.807, 2.05) is 12.1 Å². The summed E-state index contributed by atoms with van der Waals surface area (Å²) in [6.45, 7) is 0. The van der Waals surface area contributed by atoms with Crippen LogP contribution in [0.1, 0.15) is 32.1 Å². The summed E-state index contributed by atoms with van der Waals surface area (Å²) in [4.78, 5) is 14.8. The van der Waals surface area contributed by atoms with Gasteiger partial charge in [0.05, 0.1) is 0 Å². The molecule has 1 aliphatic carbocycles. The number of rotatable bonds is 4. The molecule has 4 nitrogen and oxygen atoms in total. The van der Waals surface area contributed by atoms with Crippen LogP contribution in [0.15, 0.2) is 22.8 Å². The Labute approximate surface area is 115 Å². The summed E-state index contributed by atoms with van der Waals surface area (Å²) in [5, 5.41) is 8.75. The third-order valence-electron chi connectivity index (χ3n) is 3.24. The van der Waals surface area contributed by atoms with Gasteiger partial charge in [-0.25, -0.2) is 4.98 Å². The average molecular weight is 314 g/mol. The molecule has 1 aliphatic rings. The number of nitrogens with zero attached hydrogens (tertiary/aromatic N) is 1. The Kier molecular flexibility index (Phi) is 4.58. The summed E-state index contributed by atoms with van der Waals surface area (Å²) in [6, 6.07) is 3.74. The van der Waals surface area contributed by atoms with Crippen molar-refractivity contribution in [2.75, 3.05) is 0 Å². The standard InChI is InChI=1S/C13H16BrNO3/c14-10-3-6-12(15-8-10)18-11-4-1-9(2-5-11)7-13(16)17/h3,6,8-9,11H,1-2,4-5,7H2,(H,16,17)/t9-,11+. The fourth-order valence-corrected chi connectivity index (χ4v) is 2.54. The van der Waals surface area contributed by atoms with Crippen molar-refractivity contribution in [2.24, 2.45) is 5.92 Å². The number of ether oxygens (including phenoxy) is 1. The van der Waals surface area contributed by atoms with E-state index in [-0.39, 0.29) is 12.5 Å². The first-order chi connectivity index (χ1) is 8.63. The van der Waals surface area contributed by atoms with Gasteiger partial charge < -0.3 is 9.84 Å². The first-order valence-electron chi connectivity index (χ1n) is 6.13. The highest BCUT2D eigenvalue weighted by molar-refractivity contribution is 9.10. The minimum Gasteiger partial charge on any atom is -0.481 e. The van der Waals surface area contributed by atoms with Gasteiger partial charge >= 0.3 is 5.97 Å². The van der Waals surface area contributed by atoms with Gasteiger partial charge in [-0.2, -0.15) is 0 Å². The minimum atomic E-state index is -0.700. The fourth-order valence-electron chi connectivity index (χ4n) is 2.30. The predicted molar refractivity (Wildman–Crippen MR) is 70.6 cm³/mol. The molecule has 2 rings (SSSR count). The molecule has 0 radical (unpaired) electrons. The van der Waals surface area contributed by atoms with E-state index in [0.29, 0.717) is 11.8 Å². The second-order valence-corrected chi connectivity index (χ2v) is 5.59. The predicted octanol–water partition coefficient (Wildman–Crippen LogP) is 3.26. The van der Waals surface area contributed by atoms with Gasteiger partial charge in [-0.1, -0.05) is 0 Å². The molecule has 5 heteroatoms. The highest BCUT2D eigenvalue weighted by Crippen LogP contribution is 2.29. The summed E-state index contributed by atoms with van der Waals surface area (Å²) >= 11 is 3.33. The van der Waals surface area contributed by atoms with Crippen LogP contribution in [0.5, 0.6) is 5.88 Å². The topological polar surface area (TPSA) is 59.4 Å². The molecule has 0 unspecified atom stereocenters. The average Bonchev–Trinajstić information content (AvgIpc) is 2.34. The van der Waals surface area contributed by atoms with Crippen molar-refractivity contribution in [3.8, 4) is 5.88 Å². The Morgan fingerprint density at radius 2 is 2.11 bits per heavy atom. The van der Waals surface area contributed by atoms with Gasteiger partial charge in [0.1, 0.15) is 6.10 Å². The molecule has 0 saturated heterocycles. The highest BCUT2D eigenvalue weighted by Gasteiger charge is 2.24. The van der Waals surface area contributed by atoms with Crippen LogP contribution in [0, 0.1) is 5.92 Å². The van der Waals surface area contributed by atoms with Gasteiger partial charge in [-0.15, -0.1) is 0 Å². The van der Waals surface area contributed by atoms with Crippen molar-refractivity contribution in [1.29, 1.82) is 0 Å². The Morgan fingerprint density at radius 3 is 2.67 bits per heavy atom. The first kappa shape index (κ1) is 13.3. The van der Waals surface area contributed by atoms with Crippen molar-refractivity contribution in [1.82, 2.24) is 4.98 Å². The lowest BCUT2D eigenvalue weighted by Gasteiger charge is -2.27. The maximum atomic E-state index is 10.6. The number of aliphatic carboxylic acids is 1. The van der Waals surface area contributed by atoms with E-state index in [2.05, 4.69) is 20.9 Å². The minimum absolute atomic E-state index is 0.170. The normalized spacial score (nSPS) is 23.6. The van der Waals surface area contributed by atoms with Crippen LogP contribution in [0.4, 0.5) is 0 Å². The molecule has 98 valence electrons. The number of hydrogen-bond acceptors (Lipinski definition) is 3.